The molecule has 2 rings (SSSR count). The quantitative estimate of drug-likeness (QED) is 0.743. The van der Waals surface area contributed by atoms with Crippen LogP contribution in [-0.2, 0) is 0 Å². The summed E-state index contributed by atoms with van der Waals surface area (Å²) in [7, 11) is 0. The van der Waals surface area contributed by atoms with Crippen LogP contribution in [0.25, 0.3) is 0 Å². The van der Waals surface area contributed by atoms with E-state index in [4.69, 9.17) is 5.73 Å². The normalized spacial score (nSPS) is 21.6. The van der Waals surface area contributed by atoms with E-state index in [0.717, 1.165) is 31.8 Å². The molecule has 0 aromatic heterocycles. The van der Waals surface area contributed by atoms with Gasteiger partial charge in [0, 0.05) is 6.04 Å². The van der Waals surface area contributed by atoms with Gasteiger partial charge in [-0.2, -0.15) is 0 Å². The van der Waals surface area contributed by atoms with Crippen LogP contribution in [0.4, 0.5) is 0 Å². The molecule has 1 fully saturated rings. The molecule has 1 atom stereocenters. The first-order valence-corrected chi connectivity index (χ1v) is 7.88. The Kier molecular flexibility index (Phi) is 4.55. The summed E-state index contributed by atoms with van der Waals surface area (Å²) in [6, 6.07) is 10.6. The van der Waals surface area contributed by atoms with Crippen LogP contribution >= 0.6 is 0 Å². The number of nitrogens with one attached hydrogen (secondary N) is 1. The van der Waals surface area contributed by atoms with E-state index < -0.39 is 0 Å². The molecule has 20 heavy (non-hydrogen) atoms. The summed E-state index contributed by atoms with van der Waals surface area (Å²) in [6.45, 7) is 11.7. The van der Waals surface area contributed by atoms with Crippen LogP contribution < -0.4 is 11.1 Å². The molecule has 0 saturated heterocycles. The fraction of sp³-hybridized carbons (Fsp3) is 0.667. The molecule has 112 valence electrons. The maximum Gasteiger partial charge on any atom is 0.0295 e. The summed E-state index contributed by atoms with van der Waals surface area (Å²) in [5.41, 5.74) is 8.43. The van der Waals surface area contributed by atoms with Gasteiger partial charge >= 0.3 is 0 Å². The summed E-state index contributed by atoms with van der Waals surface area (Å²) in [4.78, 5) is 0. The number of rotatable bonds is 7. The Morgan fingerprint density at radius 3 is 2.25 bits per heavy atom. The minimum atomic E-state index is 0.173. The van der Waals surface area contributed by atoms with E-state index in [1.807, 2.05) is 6.07 Å². The van der Waals surface area contributed by atoms with Crippen LogP contribution in [0.3, 0.4) is 0 Å². The van der Waals surface area contributed by atoms with Gasteiger partial charge in [0.05, 0.1) is 0 Å². The monoisotopic (exact) mass is 274 g/mol. The van der Waals surface area contributed by atoms with Crippen LogP contribution in [0, 0.1) is 16.7 Å². The molecule has 1 saturated carbocycles. The summed E-state index contributed by atoms with van der Waals surface area (Å²) in [5, 5.41) is 3.61. The highest BCUT2D eigenvalue weighted by Gasteiger charge is 2.63. The van der Waals surface area contributed by atoms with E-state index in [-0.39, 0.29) is 6.04 Å². The average Bonchev–Trinajstić information content (AvgIpc) is 2.81. The van der Waals surface area contributed by atoms with Crippen molar-refractivity contribution in [2.45, 2.75) is 46.6 Å². The highest BCUT2D eigenvalue weighted by molar-refractivity contribution is 5.18. The topological polar surface area (TPSA) is 38.0 Å². The van der Waals surface area contributed by atoms with E-state index in [1.54, 1.807) is 0 Å². The Labute approximate surface area is 124 Å². The molecule has 1 unspecified atom stereocenters. The van der Waals surface area contributed by atoms with Crippen LogP contribution in [0.2, 0.25) is 0 Å². The molecule has 0 spiro atoms. The molecule has 2 nitrogen and oxygen atoms in total. The maximum atomic E-state index is 6.21. The van der Waals surface area contributed by atoms with Gasteiger partial charge in [0.2, 0.25) is 0 Å². The predicted octanol–water partition coefficient (Wildman–Crippen LogP) is 3.74. The third-order valence-corrected chi connectivity index (χ3v) is 5.76. The van der Waals surface area contributed by atoms with E-state index in [2.05, 4.69) is 57.3 Å². The lowest BCUT2D eigenvalue weighted by atomic mass is 10.0. The van der Waals surface area contributed by atoms with Gasteiger partial charge in [0.15, 0.2) is 0 Å². The summed E-state index contributed by atoms with van der Waals surface area (Å²) >= 11 is 0. The number of benzene rings is 1. The average molecular weight is 274 g/mol. The second-order valence-electron chi connectivity index (χ2n) is 7.36. The van der Waals surface area contributed by atoms with Gasteiger partial charge < -0.3 is 11.1 Å². The van der Waals surface area contributed by atoms with Crippen molar-refractivity contribution in [1.82, 2.24) is 5.32 Å². The fourth-order valence-electron chi connectivity index (χ4n) is 3.40. The number of hydrogen-bond acceptors (Lipinski definition) is 2. The first-order chi connectivity index (χ1) is 9.37. The molecule has 0 amide bonds. The first kappa shape index (κ1) is 15.5. The van der Waals surface area contributed by atoms with E-state index >= 15 is 0 Å². The number of hydrogen-bond donors (Lipinski definition) is 2. The van der Waals surface area contributed by atoms with Crippen molar-refractivity contribution in [2.75, 3.05) is 13.1 Å². The van der Waals surface area contributed by atoms with Crippen molar-refractivity contribution in [1.29, 1.82) is 0 Å². The minimum Gasteiger partial charge on any atom is -0.324 e. The first-order valence-electron chi connectivity index (χ1n) is 7.88. The molecule has 3 N–H and O–H groups in total. The van der Waals surface area contributed by atoms with Crippen molar-refractivity contribution in [2.24, 2.45) is 22.5 Å². The molecule has 0 heterocycles. The van der Waals surface area contributed by atoms with Crippen LogP contribution in [0.15, 0.2) is 30.3 Å². The smallest absolute Gasteiger partial charge is 0.0295 e. The molecule has 2 heteroatoms. The standard InChI is InChI=1S/C18H30N2/c1-17(2)16(18(17,3)4)13-20-12-8-11-15(19)14-9-6-5-7-10-14/h5-7,9-10,15-16,20H,8,11-13,19H2,1-4H3. The van der Waals surface area contributed by atoms with Gasteiger partial charge in [-0.3, -0.25) is 0 Å². The second-order valence-corrected chi connectivity index (χ2v) is 7.36. The third kappa shape index (κ3) is 3.07. The van der Waals surface area contributed by atoms with E-state index in [0.29, 0.717) is 10.8 Å². The van der Waals surface area contributed by atoms with Gasteiger partial charge in [-0.1, -0.05) is 58.0 Å². The van der Waals surface area contributed by atoms with Crippen LogP contribution in [0.1, 0.15) is 52.1 Å². The Hall–Kier alpha value is -0.860. The zero-order valence-electron chi connectivity index (χ0n) is 13.4. The van der Waals surface area contributed by atoms with Gasteiger partial charge in [-0.25, -0.2) is 0 Å². The van der Waals surface area contributed by atoms with Crippen molar-refractivity contribution >= 4 is 0 Å². The molecule has 1 aliphatic carbocycles. The molecular formula is C18H30N2. The highest BCUT2D eigenvalue weighted by atomic mass is 14.9. The van der Waals surface area contributed by atoms with Crippen molar-refractivity contribution in [3.05, 3.63) is 35.9 Å². The Morgan fingerprint density at radius 2 is 1.70 bits per heavy atom. The zero-order chi connectivity index (χ0) is 14.8. The largest absolute Gasteiger partial charge is 0.324 e. The predicted molar refractivity (Wildman–Crippen MR) is 86.5 cm³/mol. The van der Waals surface area contributed by atoms with Crippen molar-refractivity contribution < 1.29 is 0 Å². The molecule has 0 radical (unpaired) electrons. The SMILES string of the molecule is CC1(C)C(CNCCCC(N)c2ccccc2)C1(C)C. The Morgan fingerprint density at radius 1 is 1.10 bits per heavy atom. The molecule has 0 aliphatic heterocycles. The molecule has 1 aromatic carbocycles. The number of nitrogens with two attached hydrogens (primary N) is 1. The van der Waals surface area contributed by atoms with Gasteiger partial charge in [-0.15, -0.1) is 0 Å². The van der Waals surface area contributed by atoms with Crippen molar-refractivity contribution in [3.8, 4) is 0 Å². The molecular weight excluding hydrogens is 244 g/mol. The van der Waals surface area contributed by atoms with Gasteiger partial charge in [0.25, 0.3) is 0 Å². The maximum absolute atomic E-state index is 6.21. The van der Waals surface area contributed by atoms with Gasteiger partial charge in [0.1, 0.15) is 0 Å². The molecule has 1 aliphatic rings. The minimum absolute atomic E-state index is 0.173. The zero-order valence-corrected chi connectivity index (χ0v) is 13.4. The second kappa shape index (κ2) is 5.87. The summed E-state index contributed by atoms with van der Waals surface area (Å²) < 4.78 is 0. The van der Waals surface area contributed by atoms with E-state index in [9.17, 15) is 0 Å². The lowest BCUT2D eigenvalue weighted by molar-refractivity contribution is 0.457. The summed E-state index contributed by atoms with van der Waals surface area (Å²) in [5.74, 6) is 0.804. The Balaban J connectivity index is 1.61. The van der Waals surface area contributed by atoms with Crippen LogP contribution in [-0.4, -0.2) is 13.1 Å². The van der Waals surface area contributed by atoms with Crippen molar-refractivity contribution in [3.63, 3.8) is 0 Å². The molecule has 1 aromatic rings. The molecule has 0 bridgehead atoms. The fourth-order valence-corrected chi connectivity index (χ4v) is 3.40. The third-order valence-electron chi connectivity index (χ3n) is 5.76. The lowest BCUT2D eigenvalue weighted by Gasteiger charge is -2.12. The summed E-state index contributed by atoms with van der Waals surface area (Å²) in [6.07, 6.45) is 2.19. The van der Waals surface area contributed by atoms with E-state index in [1.165, 1.54) is 5.56 Å². The van der Waals surface area contributed by atoms with Gasteiger partial charge in [-0.05, 0) is 48.2 Å². The highest BCUT2D eigenvalue weighted by Crippen LogP contribution is 2.67. The lowest BCUT2D eigenvalue weighted by Crippen LogP contribution is -2.22. The van der Waals surface area contributed by atoms with Crippen LogP contribution in [0.5, 0.6) is 0 Å². The Bertz CT molecular complexity index is 408.